The minimum atomic E-state index is -0.360. The molecular weight excluding hydrogens is 322 g/mol. The minimum Gasteiger partial charge on any atom is -0.465 e. The summed E-state index contributed by atoms with van der Waals surface area (Å²) >= 11 is 0. The first kappa shape index (κ1) is 17.4. The molecule has 2 amide bonds. The molecule has 0 bridgehead atoms. The van der Waals surface area contributed by atoms with Crippen molar-refractivity contribution in [3.63, 3.8) is 0 Å². The van der Waals surface area contributed by atoms with Gasteiger partial charge < -0.3 is 9.47 Å². The minimum absolute atomic E-state index is 0.156. The van der Waals surface area contributed by atoms with E-state index in [0.29, 0.717) is 18.2 Å². The quantitative estimate of drug-likeness (QED) is 0.559. The van der Waals surface area contributed by atoms with Crippen LogP contribution in [0.3, 0.4) is 0 Å². The highest BCUT2D eigenvalue weighted by Crippen LogP contribution is 2.26. The van der Waals surface area contributed by atoms with Crippen LogP contribution in [0.15, 0.2) is 36.4 Å². The second-order valence-electron chi connectivity index (χ2n) is 6.24. The maximum Gasteiger partial charge on any atom is 0.310 e. The van der Waals surface area contributed by atoms with E-state index >= 15 is 0 Å². The number of anilines is 1. The van der Waals surface area contributed by atoms with E-state index in [1.54, 1.807) is 24.3 Å². The monoisotopic (exact) mass is 343 g/mol. The van der Waals surface area contributed by atoms with Gasteiger partial charge in [0.2, 0.25) is 0 Å². The summed E-state index contributed by atoms with van der Waals surface area (Å²) in [6, 6.07) is 6.74. The highest BCUT2D eigenvalue weighted by Gasteiger charge is 2.30. The number of hydrogen-bond acceptors (Lipinski definition) is 5. The van der Waals surface area contributed by atoms with Crippen molar-refractivity contribution >= 4 is 23.5 Å². The summed E-state index contributed by atoms with van der Waals surface area (Å²) in [5.41, 5.74) is 1.26. The molecule has 6 heteroatoms. The number of amides is 2. The van der Waals surface area contributed by atoms with Crippen LogP contribution in [0, 0.1) is 5.92 Å². The molecule has 2 heterocycles. The van der Waals surface area contributed by atoms with E-state index in [-0.39, 0.29) is 30.3 Å². The summed E-state index contributed by atoms with van der Waals surface area (Å²) in [5, 5.41) is 0. The van der Waals surface area contributed by atoms with Crippen LogP contribution in [-0.2, 0) is 30.3 Å². The molecule has 6 nitrogen and oxygen atoms in total. The summed E-state index contributed by atoms with van der Waals surface area (Å²) in [6.45, 7) is 3.30. The Morgan fingerprint density at radius 2 is 1.88 bits per heavy atom. The Kier molecular flexibility index (Phi) is 5.28. The van der Waals surface area contributed by atoms with Crippen molar-refractivity contribution in [2.75, 3.05) is 18.1 Å². The van der Waals surface area contributed by atoms with Crippen LogP contribution in [0.25, 0.3) is 0 Å². The van der Waals surface area contributed by atoms with Gasteiger partial charge in [-0.05, 0) is 24.1 Å². The molecule has 2 aliphatic heterocycles. The Labute approximate surface area is 146 Å². The summed E-state index contributed by atoms with van der Waals surface area (Å²) in [5.74, 6) is -0.437. The fourth-order valence-electron chi connectivity index (χ4n) is 2.99. The van der Waals surface area contributed by atoms with Crippen LogP contribution < -0.4 is 4.90 Å². The molecule has 1 fully saturated rings. The Hall–Kier alpha value is -2.47. The molecule has 1 aromatic carbocycles. The van der Waals surface area contributed by atoms with Gasteiger partial charge in [-0.3, -0.25) is 14.4 Å². The lowest BCUT2D eigenvalue weighted by Crippen LogP contribution is -2.40. The number of esters is 1. The second-order valence-corrected chi connectivity index (χ2v) is 6.24. The molecule has 0 aliphatic carbocycles. The van der Waals surface area contributed by atoms with Crippen LogP contribution >= 0.6 is 0 Å². The van der Waals surface area contributed by atoms with E-state index in [1.165, 1.54) is 12.2 Å². The van der Waals surface area contributed by atoms with Gasteiger partial charge in [-0.1, -0.05) is 19.1 Å². The highest BCUT2D eigenvalue weighted by molar-refractivity contribution is 6.28. The van der Waals surface area contributed by atoms with Crippen LogP contribution in [0.2, 0.25) is 0 Å². The Morgan fingerprint density at radius 1 is 1.20 bits per heavy atom. The zero-order valence-corrected chi connectivity index (χ0v) is 14.1. The fourth-order valence-corrected chi connectivity index (χ4v) is 2.99. The van der Waals surface area contributed by atoms with Crippen molar-refractivity contribution in [3.05, 3.63) is 42.0 Å². The Balaban J connectivity index is 1.45. The zero-order chi connectivity index (χ0) is 17.8. The molecule has 3 rings (SSSR count). The van der Waals surface area contributed by atoms with Gasteiger partial charge in [0.15, 0.2) is 0 Å². The standard InChI is InChI=1S/C19H21NO5/c1-2-14-12-25-16(14)9-10-24-19(23)11-13-3-5-15(6-4-13)20-17(21)7-8-18(20)22/h3-8,14,16H,2,9-12H2,1H3. The number of carbonyl (C=O) groups is 3. The third-order valence-corrected chi connectivity index (χ3v) is 4.59. The summed E-state index contributed by atoms with van der Waals surface area (Å²) in [7, 11) is 0. The normalized spacial score (nSPS) is 22.2. The molecule has 1 saturated heterocycles. The number of benzene rings is 1. The molecule has 0 aromatic heterocycles. The third-order valence-electron chi connectivity index (χ3n) is 4.59. The van der Waals surface area contributed by atoms with E-state index in [2.05, 4.69) is 6.92 Å². The maximum atomic E-state index is 11.9. The van der Waals surface area contributed by atoms with Gasteiger partial charge in [-0.15, -0.1) is 0 Å². The largest absolute Gasteiger partial charge is 0.465 e. The molecule has 0 spiro atoms. The Morgan fingerprint density at radius 3 is 2.44 bits per heavy atom. The topological polar surface area (TPSA) is 72.9 Å². The summed E-state index contributed by atoms with van der Waals surface area (Å²) in [6.07, 6.45) is 4.66. The van der Waals surface area contributed by atoms with E-state index in [0.717, 1.165) is 29.9 Å². The first-order valence-electron chi connectivity index (χ1n) is 8.50. The number of carbonyl (C=O) groups excluding carboxylic acids is 3. The van der Waals surface area contributed by atoms with Gasteiger partial charge in [-0.25, -0.2) is 4.90 Å². The molecular formula is C19H21NO5. The first-order chi connectivity index (χ1) is 12.1. The number of hydrogen-bond donors (Lipinski definition) is 0. The van der Waals surface area contributed by atoms with Crippen LogP contribution in [0.4, 0.5) is 5.69 Å². The predicted octanol–water partition coefficient (Wildman–Crippen LogP) is 2.02. The van der Waals surface area contributed by atoms with Crippen LogP contribution in [0.1, 0.15) is 25.3 Å². The van der Waals surface area contributed by atoms with E-state index in [9.17, 15) is 14.4 Å². The lowest BCUT2D eigenvalue weighted by molar-refractivity contribution is -0.150. The van der Waals surface area contributed by atoms with Crippen molar-refractivity contribution in [1.82, 2.24) is 0 Å². The van der Waals surface area contributed by atoms with E-state index in [4.69, 9.17) is 9.47 Å². The van der Waals surface area contributed by atoms with Crippen molar-refractivity contribution < 1.29 is 23.9 Å². The van der Waals surface area contributed by atoms with Crippen molar-refractivity contribution in [2.45, 2.75) is 32.3 Å². The molecule has 1 aromatic rings. The number of nitrogens with zero attached hydrogens (tertiary/aromatic N) is 1. The molecule has 2 atom stereocenters. The van der Waals surface area contributed by atoms with Gasteiger partial charge in [0.25, 0.3) is 11.8 Å². The third kappa shape index (κ3) is 3.96. The van der Waals surface area contributed by atoms with Crippen LogP contribution in [-0.4, -0.2) is 37.1 Å². The van der Waals surface area contributed by atoms with Crippen molar-refractivity contribution in [1.29, 1.82) is 0 Å². The molecule has 0 radical (unpaired) electrons. The van der Waals surface area contributed by atoms with Gasteiger partial charge in [-0.2, -0.15) is 0 Å². The maximum absolute atomic E-state index is 11.9. The number of ether oxygens (including phenoxy) is 2. The van der Waals surface area contributed by atoms with Gasteiger partial charge in [0.05, 0.1) is 31.4 Å². The van der Waals surface area contributed by atoms with E-state index in [1.807, 2.05) is 0 Å². The van der Waals surface area contributed by atoms with Crippen LogP contribution in [0.5, 0.6) is 0 Å². The second kappa shape index (κ2) is 7.61. The summed E-state index contributed by atoms with van der Waals surface area (Å²) in [4.78, 5) is 36.3. The summed E-state index contributed by atoms with van der Waals surface area (Å²) < 4.78 is 10.7. The molecule has 2 aliphatic rings. The molecule has 25 heavy (non-hydrogen) atoms. The first-order valence-corrected chi connectivity index (χ1v) is 8.50. The van der Waals surface area contributed by atoms with Crippen molar-refractivity contribution in [3.8, 4) is 0 Å². The number of rotatable bonds is 7. The average Bonchev–Trinajstić information content (AvgIpc) is 2.91. The molecule has 0 saturated carbocycles. The fraction of sp³-hybridized carbons (Fsp3) is 0.421. The van der Waals surface area contributed by atoms with E-state index < -0.39 is 0 Å². The molecule has 0 N–H and O–H groups in total. The SMILES string of the molecule is CCC1COC1CCOC(=O)Cc1ccc(N2C(=O)C=CC2=O)cc1. The van der Waals surface area contributed by atoms with Gasteiger partial charge >= 0.3 is 5.97 Å². The van der Waals surface area contributed by atoms with Crippen molar-refractivity contribution in [2.24, 2.45) is 5.92 Å². The smallest absolute Gasteiger partial charge is 0.310 e. The Bertz CT molecular complexity index is 674. The predicted molar refractivity (Wildman–Crippen MR) is 90.9 cm³/mol. The number of imide groups is 1. The molecule has 132 valence electrons. The zero-order valence-electron chi connectivity index (χ0n) is 14.1. The highest BCUT2D eigenvalue weighted by atomic mass is 16.5. The molecule has 2 unspecified atom stereocenters. The van der Waals surface area contributed by atoms with Gasteiger partial charge in [0, 0.05) is 24.5 Å². The average molecular weight is 343 g/mol. The lowest BCUT2D eigenvalue weighted by atomic mass is 9.93. The lowest BCUT2D eigenvalue weighted by Gasteiger charge is -2.36. The van der Waals surface area contributed by atoms with Gasteiger partial charge in [0.1, 0.15) is 0 Å².